The molecule has 0 fully saturated rings. The van der Waals surface area contributed by atoms with Crippen molar-refractivity contribution >= 4 is 11.6 Å². The third-order valence-corrected chi connectivity index (χ3v) is 4.08. The maximum absolute atomic E-state index is 10.4. The zero-order valence-corrected chi connectivity index (χ0v) is 12.7. The van der Waals surface area contributed by atoms with E-state index >= 15 is 0 Å². The summed E-state index contributed by atoms with van der Waals surface area (Å²) in [5, 5.41) is 15.2. The van der Waals surface area contributed by atoms with Gasteiger partial charge < -0.3 is 5.11 Å². The lowest BCUT2D eigenvalue weighted by molar-refractivity contribution is 0.138. The van der Waals surface area contributed by atoms with Crippen molar-refractivity contribution in [1.82, 2.24) is 9.78 Å². The van der Waals surface area contributed by atoms with Crippen LogP contribution in [0.15, 0.2) is 0 Å². The molecule has 0 aliphatic heterocycles. The van der Waals surface area contributed by atoms with Crippen LogP contribution in [0.3, 0.4) is 0 Å². The van der Waals surface area contributed by atoms with Gasteiger partial charge in [0.1, 0.15) is 5.15 Å². The predicted molar refractivity (Wildman–Crippen MR) is 75.8 cm³/mol. The highest BCUT2D eigenvalue weighted by Gasteiger charge is 2.22. The number of aryl methyl sites for hydroxylation is 2. The van der Waals surface area contributed by atoms with Gasteiger partial charge in [0.15, 0.2) is 0 Å². The molecule has 1 aromatic rings. The number of halogens is 1. The van der Waals surface area contributed by atoms with Crippen LogP contribution in [-0.4, -0.2) is 14.9 Å². The number of aliphatic hydroxyl groups excluding tert-OH is 1. The average Bonchev–Trinajstić information content (AvgIpc) is 2.58. The summed E-state index contributed by atoms with van der Waals surface area (Å²) < 4.78 is 1.63. The van der Waals surface area contributed by atoms with E-state index in [0.717, 1.165) is 24.1 Å². The minimum Gasteiger partial charge on any atom is -0.388 e. The van der Waals surface area contributed by atoms with Gasteiger partial charge in [-0.3, -0.25) is 4.68 Å². The lowest BCUT2D eigenvalue weighted by Crippen LogP contribution is -2.08. The fourth-order valence-electron chi connectivity index (χ4n) is 2.44. The van der Waals surface area contributed by atoms with Crippen molar-refractivity contribution in [3.63, 3.8) is 0 Å². The Bertz CT molecular complexity index is 376. The Balaban J connectivity index is 2.71. The SMILES string of the molecule is CCCCC(CC)CC(O)c1c(C)nn(C)c1Cl. The second kappa shape index (κ2) is 7.15. The van der Waals surface area contributed by atoms with Crippen molar-refractivity contribution in [1.29, 1.82) is 0 Å². The maximum Gasteiger partial charge on any atom is 0.132 e. The van der Waals surface area contributed by atoms with Gasteiger partial charge in [-0.15, -0.1) is 0 Å². The first kappa shape index (κ1) is 15.5. The zero-order chi connectivity index (χ0) is 13.7. The molecule has 0 saturated carbocycles. The Hall–Kier alpha value is -0.540. The summed E-state index contributed by atoms with van der Waals surface area (Å²) in [6.07, 6.45) is 5.01. The topological polar surface area (TPSA) is 38.1 Å². The van der Waals surface area contributed by atoms with E-state index in [0.29, 0.717) is 11.1 Å². The van der Waals surface area contributed by atoms with Gasteiger partial charge in [0.05, 0.1) is 11.8 Å². The summed E-state index contributed by atoms with van der Waals surface area (Å²) in [7, 11) is 1.81. The fourth-order valence-corrected chi connectivity index (χ4v) is 2.74. The van der Waals surface area contributed by atoms with Crippen molar-refractivity contribution in [2.75, 3.05) is 0 Å². The Kier molecular flexibility index (Phi) is 6.16. The van der Waals surface area contributed by atoms with Gasteiger partial charge >= 0.3 is 0 Å². The van der Waals surface area contributed by atoms with Crippen LogP contribution < -0.4 is 0 Å². The number of hydrogen-bond acceptors (Lipinski definition) is 2. The van der Waals surface area contributed by atoms with E-state index in [1.165, 1.54) is 19.3 Å². The third kappa shape index (κ3) is 3.72. The van der Waals surface area contributed by atoms with Gasteiger partial charge in [0.2, 0.25) is 0 Å². The molecule has 1 rings (SSSR count). The summed E-state index contributed by atoms with van der Waals surface area (Å²) in [5.74, 6) is 0.565. The van der Waals surface area contributed by atoms with Crippen molar-refractivity contribution in [2.45, 2.75) is 59.0 Å². The average molecular weight is 273 g/mol. The van der Waals surface area contributed by atoms with Crippen LogP contribution in [-0.2, 0) is 7.05 Å². The standard InChI is InChI=1S/C14H25ClN2O/c1-5-7-8-11(6-2)9-12(18)13-10(3)16-17(4)14(13)15/h11-12,18H,5-9H2,1-4H3. The number of rotatable bonds is 7. The summed E-state index contributed by atoms with van der Waals surface area (Å²) in [6, 6.07) is 0. The Morgan fingerprint density at radius 2 is 2.06 bits per heavy atom. The van der Waals surface area contributed by atoms with E-state index in [1.54, 1.807) is 11.7 Å². The van der Waals surface area contributed by atoms with Gasteiger partial charge in [0.25, 0.3) is 0 Å². The largest absolute Gasteiger partial charge is 0.388 e. The van der Waals surface area contributed by atoms with Crippen molar-refractivity contribution < 1.29 is 5.11 Å². The molecule has 104 valence electrons. The highest BCUT2D eigenvalue weighted by atomic mass is 35.5. The van der Waals surface area contributed by atoms with Gasteiger partial charge in [-0.2, -0.15) is 5.10 Å². The fraction of sp³-hybridized carbons (Fsp3) is 0.786. The molecule has 1 heterocycles. The minimum absolute atomic E-state index is 0.493. The first-order valence-electron chi connectivity index (χ1n) is 6.88. The summed E-state index contributed by atoms with van der Waals surface area (Å²) in [6.45, 7) is 6.29. The number of unbranched alkanes of at least 4 members (excludes halogenated alkanes) is 1. The second-order valence-corrected chi connectivity index (χ2v) is 5.44. The molecule has 3 nitrogen and oxygen atoms in total. The van der Waals surface area contributed by atoms with Crippen LogP contribution in [0.1, 0.15) is 63.3 Å². The van der Waals surface area contributed by atoms with Crippen LogP contribution in [0, 0.1) is 12.8 Å². The smallest absolute Gasteiger partial charge is 0.132 e. The van der Waals surface area contributed by atoms with Crippen LogP contribution in [0.2, 0.25) is 5.15 Å². The second-order valence-electron chi connectivity index (χ2n) is 5.08. The van der Waals surface area contributed by atoms with Crippen molar-refractivity contribution in [2.24, 2.45) is 13.0 Å². The van der Waals surface area contributed by atoms with Gasteiger partial charge in [-0.05, 0) is 19.3 Å². The van der Waals surface area contributed by atoms with Crippen LogP contribution in [0.5, 0.6) is 0 Å². The molecule has 1 N–H and O–H groups in total. The Morgan fingerprint density at radius 1 is 1.39 bits per heavy atom. The summed E-state index contributed by atoms with van der Waals surface area (Å²) >= 11 is 6.18. The highest BCUT2D eigenvalue weighted by Crippen LogP contribution is 2.32. The van der Waals surface area contributed by atoms with Gasteiger partial charge in [-0.25, -0.2) is 0 Å². The van der Waals surface area contributed by atoms with Gasteiger partial charge in [0, 0.05) is 12.6 Å². The van der Waals surface area contributed by atoms with E-state index in [9.17, 15) is 5.11 Å². The molecule has 0 aliphatic rings. The number of aliphatic hydroxyl groups is 1. The third-order valence-electron chi connectivity index (χ3n) is 3.63. The summed E-state index contributed by atoms with van der Waals surface area (Å²) in [5.41, 5.74) is 1.63. The molecule has 1 aromatic heterocycles. The van der Waals surface area contributed by atoms with Gasteiger partial charge in [-0.1, -0.05) is 51.1 Å². The molecule has 0 spiro atoms. The molecule has 2 unspecified atom stereocenters. The molecule has 4 heteroatoms. The lowest BCUT2D eigenvalue weighted by Gasteiger charge is -2.18. The highest BCUT2D eigenvalue weighted by molar-refractivity contribution is 6.30. The van der Waals surface area contributed by atoms with Crippen LogP contribution in [0.4, 0.5) is 0 Å². The molecule has 0 aromatic carbocycles. The molecule has 0 aliphatic carbocycles. The molecule has 0 radical (unpaired) electrons. The van der Waals surface area contributed by atoms with E-state index in [1.807, 2.05) is 6.92 Å². The molecule has 18 heavy (non-hydrogen) atoms. The molecule has 0 amide bonds. The molecule has 0 bridgehead atoms. The molecular formula is C14H25ClN2O. The maximum atomic E-state index is 10.4. The summed E-state index contributed by atoms with van der Waals surface area (Å²) in [4.78, 5) is 0. The molecular weight excluding hydrogens is 248 g/mol. The van der Waals surface area contributed by atoms with E-state index in [4.69, 9.17) is 11.6 Å². The van der Waals surface area contributed by atoms with E-state index in [2.05, 4.69) is 18.9 Å². The van der Waals surface area contributed by atoms with Crippen LogP contribution in [0.25, 0.3) is 0 Å². The predicted octanol–water partition coefficient (Wildman–Crippen LogP) is 4.02. The quantitative estimate of drug-likeness (QED) is 0.814. The minimum atomic E-state index is -0.493. The Labute approximate surface area is 115 Å². The number of aromatic nitrogens is 2. The molecule has 2 atom stereocenters. The normalized spacial score (nSPS) is 14.8. The van der Waals surface area contributed by atoms with Crippen LogP contribution >= 0.6 is 11.6 Å². The first-order valence-corrected chi connectivity index (χ1v) is 7.26. The van der Waals surface area contributed by atoms with E-state index < -0.39 is 6.10 Å². The zero-order valence-electron chi connectivity index (χ0n) is 11.9. The lowest BCUT2D eigenvalue weighted by atomic mass is 9.91. The monoisotopic (exact) mass is 272 g/mol. The number of nitrogens with zero attached hydrogens (tertiary/aromatic N) is 2. The first-order chi connectivity index (χ1) is 8.51. The van der Waals surface area contributed by atoms with Crippen molar-refractivity contribution in [3.8, 4) is 0 Å². The Morgan fingerprint density at radius 3 is 2.50 bits per heavy atom. The van der Waals surface area contributed by atoms with E-state index in [-0.39, 0.29) is 0 Å². The number of hydrogen-bond donors (Lipinski definition) is 1. The van der Waals surface area contributed by atoms with Crippen molar-refractivity contribution in [3.05, 3.63) is 16.4 Å². The molecule has 0 saturated heterocycles.